The van der Waals surface area contributed by atoms with Crippen LogP contribution in [0.15, 0.2) is 35.3 Å². The fourth-order valence-corrected chi connectivity index (χ4v) is 4.30. The third-order valence-electron chi connectivity index (χ3n) is 5.88. The molecule has 2 aliphatic rings. The number of rotatable bonds is 7. The zero-order valence-corrected chi connectivity index (χ0v) is 20.8. The highest BCUT2D eigenvalue weighted by Crippen LogP contribution is 2.20. The molecule has 0 aromatic heterocycles. The highest BCUT2D eigenvalue weighted by molar-refractivity contribution is 14.0. The van der Waals surface area contributed by atoms with Gasteiger partial charge in [0.25, 0.3) is 0 Å². The number of amides is 1. The van der Waals surface area contributed by atoms with Gasteiger partial charge in [-0.15, -0.1) is 24.0 Å². The quantitative estimate of drug-likeness (QED) is 0.246. The summed E-state index contributed by atoms with van der Waals surface area (Å²) in [6, 6.07) is 11.0. The van der Waals surface area contributed by atoms with E-state index in [0.29, 0.717) is 6.04 Å². The van der Waals surface area contributed by atoms with E-state index in [1.54, 1.807) is 4.90 Å². The second-order valence-electron chi connectivity index (χ2n) is 8.19. The third-order valence-corrected chi connectivity index (χ3v) is 5.88. The van der Waals surface area contributed by atoms with Crippen molar-refractivity contribution in [3.8, 4) is 0 Å². The minimum Gasteiger partial charge on any atom is -0.369 e. The van der Waals surface area contributed by atoms with Crippen molar-refractivity contribution in [2.75, 3.05) is 58.8 Å². The molecule has 0 bridgehead atoms. The monoisotopic (exact) mass is 528 g/mol. The molecule has 2 saturated heterocycles. The Balaban J connectivity index is 0.00000320. The number of anilines is 1. The van der Waals surface area contributed by atoms with Gasteiger partial charge < -0.3 is 20.4 Å². The number of hydrogen-bond donors (Lipinski definition) is 2. The average Bonchev–Trinajstić information content (AvgIpc) is 3.39. The van der Waals surface area contributed by atoms with Gasteiger partial charge in [-0.25, -0.2) is 0 Å². The fourth-order valence-electron chi connectivity index (χ4n) is 4.30. The van der Waals surface area contributed by atoms with Gasteiger partial charge in [0, 0.05) is 59.1 Å². The van der Waals surface area contributed by atoms with E-state index in [0.717, 1.165) is 64.4 Å². The number of guanidine groups is 1. The van der Waals surface area contributed by atoms with Crippen LogP contribution in [0.25, 0.3) is 0 Å². The number of nitrogens with zero attached hydrogens (tertiary/aromatic N) is 4. The summed E-state index contributed by atoms with van der Waals surface area (Å²) in [6.45, 7) is 4.88. The van der Waals surface area contributed by atoms with Crippen molar-refractivity contribution in [3.63, 3.8) is 0 Å². The molecule has 1 amide bonds. The molecule has 3 rings (SSSR count). The Labute approximate surface area is 198 Å². The largest absolute Gasteiger partial charge is 0.369 e. The Kier molecular flexibility index (Phi) is 10.2. The highest BCUT2D eigenvalue weighted by atomic mass is 127. The molecular weight excluding hydrogens is 491 g/mol. The van der Waals surface area contributed by atoms with Crippen LogP contribution in [0.1, 0.15) is 25.7 Å². The van der Waals surface area contributed by atoms with Crippen LogP contribution in [0.5, 0.6) is 0 Å². The van der Waals surface area contributed by atoms with Gasteiger partial charge in [0.2, 0.25) is 5.91 Å². The maximum Gasteiger partial charge on any atom is 0.239 e. The van der Waals surface area contributed by atoms with Crippen molar-refractivity contribution >= 4 is 41.5 Å². The zero-order valence-electron chi connectivity index (χ0n) is 18.5. The topological polar surface area (TPSA) is 63.2 Å². The number of carbonyl (C=O) groups excluding carboxylic acids is 1. The minimum atomic E-state index is 0. The van der Waals surface area contributed by atoms with Gasteiger partial charge in [-0.2, -0.15) is 0 Å². The number of likely N-dealkylation sites (N-methyl/N-ethyl adjacent to an activating group) is 1. The van der Waals surface area contributed by atoms with Crippen molar-refractivity contribution in [2.45, 2.75) is 37.8 Å². The first-order valence-corrected chi connectivity index (χ1v) is 10.8. The molecule has 2 atom stereocenters. The van der Waals surface area contributed by atoms with E-state index in [1.165, 1.54) is 5.69 Å². The summed E-state index contributed by atoms with van der Waals surface area (Å²) in [4.78, 5) is 23.1. The Bertz CT molecular complexity index is 683. The van der Waals surface area contributed by atoms with Crippen molar-refractivity contribution in [1.82, 2.24) is 20.4 Å². The molecule has 2 fully saturated rings. The molecule has 2 heterocycles. The molecule has 0 radical (unpaired) electrons. The van der Waals surface area contributed by atoms with Crippen LogP contribution in [0, 0.1) is 0 Å². The van der Waals surface area contributed by atoms with E-state index in [-0.39, 0.29) is 35.9 Å². The van der Waals surface area contributed by atoms with Crippen LogP contribution in [0.2, 0.25) is 0 Å². The summed E-state index contributed by atoms with van der Waals surface area (Å²) in [5, 5.41) is 7.00. The van der Waals surface area contributed by atoms with Gasteiger partial charge >= 0.3 is 0 Å². The summed E-state index contributed by atoms with van der Waals surface area (Å²) < 4.78 is 0. The number of aliphatic imine (C=N–C) groups is 1. The summed E-state index contributed by atoms with van der Waals surface area (Å²) >= 11 is 0. The third kappa shape index (κ3) is 6.73. The predicted octanol–water partition coefficient (Wildman–Crippen LogP) is 1.99. The van der Waals surface area contributed by atoms with Gasteiger partial charge in [-0.3, -0.25) is 14.7 Å². The van der Waals surface area contributed by atoms with Crippen LogP contribution in [-0.4, -0.2) is 87.6 Å². The number of halogens is 1. The molecule has 2 unspecified atom stereocenters. The number of likely N-dealkylation sites (tertiary alicyclic amines) is 1. The average molecular weight is 528 g/mol. The summed E-state index contributed by atoms with van der Waals surface area (Å²) in [5.41, 5.74) is 1.28. The maximum absolute atomic E-state index is 12.3. The second-order valence-corrected chi connectivity index (χ2v) is 8.19. The highest BCUT2D eigenvalue weighted by Gasteiger charge is 2.31. The van der Waals surface area contributed by atoms with E-state index in [1.807, 2.05) is 21.1 Å². The zero-order chi connectivity index (χ0) is 20.6. The number of carbonyl (C=O) groups is 1. The lowest BCUT2D eigenvalue weighted by atomic mass is 10.2. The Morgan fingerprint density at radius 2 is 1.97 bits per heavy atom. The molecule has 0 saturated carbocycles. The lowest BCUT2D eigenvalue weighted by molar-refractivity contribution is -0.133. The maximum atomic E-state index is 12.3. The molecule has 30 heavy (non-hydrogen) atoms. The van der Waals surface area contributed by atoms with Crippen LogP contribution < -0.4 is 15.5 Å². The summed E-state index contributed by atoms with van der Waals surface area (Å²) in [5.74, 6) is 1.10. The number of nitrogens with one attached hydrogen (secondary N) is 2. The molecule has 1 aromatic carbocycles. The van der Waals surface area contributed by atoms with Crippen LogP contribution in [-0.2, 0) is 4.79 Å². The Morgan fingerprint density at radius 3 is 2.67 bits per heavy atom. The molecule has 0 aliphatic carbocycles. The van der Waals surface area contributed by atoms with Gasteiger partial charge in [0.15, 0.2) is 5.96 Å². The van der Waals surface area contributed by atoms with E-state index < -0.39 is 0 Å². The lowest BCUT2D eigenvalue weighted by Gasteiger charge is -2.26. The van der Waals surface area contributed by atoms with E-state index in [9.17, 15) is 4.79 Å². The normalized spacial score (nSPS) is 22.0. The van der Waals surface area contributed by atoms with Crippen LogP contribution in [0.3, 0.4) is 0 Å². The standard InChI is InChI=1S/C22H36N6O.HI/c1-23-22(25-18-12-16-28(17-18)19-9-5-4-6-10-19)24-13-8-15-27-14-7-11-20(27)21(29)26(2)3;/h4-6,9-10,18,20H,7-8,11-17H2,1-3H3,(H2,23,24,25);1H. The predicted molar refractivity (Wildman–Crippen MR) is 135 cm³/mol. The first-order chi connectivity index (χ1) is 14.1. The van der Waals surface area contributed by atoms with Crippen molar-refractivity contribution in [3.05, 3.63) is 30.3 Å². The van der Waals surface area contributed by atoms with Gasteiger partial charge in [0.1, 0.15) is 0 Å². The minimum absolute atomic E-state index is 0. The second kappa shape index (κ2) is 12.3. The molecule has 1 aromatic rings. The summed E-state index contributed by atoms with van der Waals surface area (Å²) in [6.07, 6.45) is 4.20. The van der Waals surface area contributed by atoms with Crippen molar-refractivity contribution in [2.24, 2.45) is 4.99 Å². The van der Waals surface area contributed by atoms with Gasteiger partial charge in [-0.05, 0) is 44.4 Å². The fraction of sp³-hybridized carbons (Fsp3) is 0.636. The molecule has 7 nitrogen and oxygen atoms in total. The number of para-hydroxylation sites is 1. The molecule has 168 valence electrons. The SMILES string of the molecule is CN=C(NCCCN1CCCC1C(=O)N(C)C)NC1CCN(c2ccccc2)C1.I. The Hall–Kier alpha value is -1.55. The van der Waals surface area contributed by atoms with E-state index in [2.05, 4.69) is 55.8 Å². The smallest absolute Gasteiger partial charge is 0.239 e. The number of hydrogen-bond acceptors (Lipinski definition) is 4. The van der Waals surface area contributed by atoms with Gasteiger partial charge in [0.05, 0.1) is 6.04 Å². The molecule has 2 aliphatic heterocycles. The first kappa shape index (κ1) is 24.7. The van der Waals surface area contributed by atoms with E-state index >= 15 is 0 Å². The van der Waals surface area contributed by atoms with Crippen molar-refractivity contribution in [1.29, 1.82) is 0 Å². The van der Waals surface area contributed by atoms with E-state index in [4.69, 9.17) is 0 Å². The first-order valence-electron chi connectivity index (χ1n) is 10.8. The van der Waals surface area contributed by atoms with Gasteiger partial charge in [-0.1, -0.05) is 18.2 Å². The summed E-state index contributed by atoms with van der Waals surface area (Å²) in [7, 11) is 5.52. The Morgan fingerprint density at radius 1 is 1.20 bits per heavy atom. The molecule has 2 N–H and O–H groups in total. The molecular formula is C22H37IN6O. The van der Waals surface area contributed by atoms with Crippen LogP contribution in [0.4, 0.5) is 5.69 Å². The number of benzene rings is 1. The van der Waals surface area contributed by atoms with Crippen molar-refractivity contribution < 1.29 is 4.79 Å². The molecule has 0 spiro atoms. The van der Waals surface area contributed by atoms with Crippen LogP contribution >= 0.6 is 24.0 Å². The molecule has 8 heteroatoms. The lowest BCUT2D eigenvalue weighted by Crippen LogP contribution is -2.46.